The highest BCUT2D eigenvalue weighted by molar-refractivity contribution is 5.55. The normalized spacial score (nSPS) is 13.0. The highest BCUT2D eigenvalue weighted by Gasteiger charge is 2.16. The number of hydrogen-bond acceptors (Lipinski definition) is 3. The van der Waals surface area contributed by atoms with Crippen LogP contribution in [0.5, 0.6) is 0 Å². The molecule has 1 atom stereocenters. The van der Waals surface area contributed by atoms with Crippen LogP contribution in [0.3, 0.4) is 0 Å². The van der Waals surface area contributed by atoms with Crippen LogP contribution in [0.4, 0.5) is 0 Å². The highest BCUT2D eigenvalue weighted by atomic mass is 15.2. The average Bonchev–Trinajstić information content (AvgIpc) is 3.05. The molecule has 24 heavy (non-hydrogen) atoms. The number of nitrogens with zero attached hydrogens (tertiary/aromatic N) is 2. The Kier molecular flexibility index (Phi) is 4.49. The quantitative estimate of drug-likeness (QED) is 0.763. The van der Waals surface area contributed by atoms with Gasteiger partial charge < -0.3 is 5.73 Å². The minimum absolute atomic E-state index is 0.140. The summed E-state index contributed by atoms with van der Waals surface area (Å²) in [5.41, 5.74) is 9.89. The second-order valence-electron chi connectivity index (χ2n) is 7.17. The van der Waals surface area contributed by atoms with Gasteiger partial charge in [-0.1, -0.05) is 75.4 Å². The molecule has 124 valence electrons. The summed E-state index contributed by atoms with van der Waals surface area (Å²) in [6, 6.07) is 18.4. The molecule has 0 saturated carbocycles. The molecule has 0 amide bonds. The monoisotopic (exact) mass is 320 g/mol. The van der Waals surface area contributed by atoms with Gasteiger partial charge in [0.05, 0.1) is 6.04 Å². The van der Waals surface area contributed by atoms with Crippen LogP contribution in [0, 0.1) is 0 Å². The highest BCUT2D eigenvalue weighted by Crippen LogP contribution is 2.25. The van der Waals surface area contributed by atoms with Gasteiger partial charge in [0, 0.05) is 5.56 Å². The average molecular weight is 320 g/mol. The molecule has 3 N–H and O–H groups in total. The molecule has 0 aliphatic rings. The molecule has 4 nitrogen and oxygen atoms in total. The second-order valence-corrected chi connectivity index (χ2v) is 7.17. The molecule has 0 spiro atoms. The van der Waals surface area contributed by atoms with Crippen molar-refractivity contribution in [3.8, 4) is 11.4 Å². The zero-order chi connectivity index (χ0) is 17.2. The maximum atomic E-state index is 6.27. The zero-order valence-electron chi connectivity index (χ0n) is 14.5. The van der Waals surface area contributed by atoms with Gasteiger partial charge in [0.1, 0.15) is 5.82 Å². The number of H-pyrrole nitrogens is 1. The lowest BCUT2D eigenvalue weighted by molar-refractivity contribution is 0.590. The molecule has 3 rings (SSSR count). The molecule has 0 unspecified atom stereocenters. The van der Waals surface area contributed by atoms with Gasteiger partial charge in [0.25, 0.3) is 0 Å². The number of rotatable bonds is 4. The second kappa shape index (κ2) is 6.57. The smallest absolute Gasteiger partial charge is 0.181 e. The predicted octanol–water partition coefficient (Wildman–Crippen LogP) is 4.01. The van der Waals surface area contributed by atoms with Crippen molar-refractivity contribution in [3.05, 3.63) is 71.5 Å². The van der Waals surface area contributed by atoms with Crippen molar-refractivity contribution in [1.29, 1.82) is 0 Å². The van der Waals surface area contributed by atoms with Gasteiger partial charge in [-0.05, 0) is 23.0 Å². The third-order valence-electron chi connectivity index (χ3n) is 4.16. The molecule has 1 aromatic heterocycles. The minimum Gasteiger partial charge on any atom is -0.321 e. The van der Waals surface area contributed by atoms with Gasteiger partial charge in [-0.15, -0.1) is 0 Å². The van der Waals surface area contributed by atoms with E-state index in [-0.39, 0.29) is 11.5 Å². The predicted molar refractivity (Wildman–Crippen MR) is 97.6 cm³/mol. The van der Waals surface area contributed by atoms with E-state index >= 15 is 0 Å². The van der Waals surface area contributed by atoms with E-state index in [1.807, 2.05) is 18.2 Å². The zero-order valence-corrected chi connectivity index (χ0v) is 14.5. The van der Waals surface area contributed by atoms with Gasteiger partial charge in [0.2, 0.25) is 0 Å². The van der Waals surface area contributed by atoms with Gasteiger partial charge in [-0.3, -0.25) is 5.10 Å². The molecule has 4 heteroatoms. The SMILES string of the molecule is CC(C)(C)c1ccc(-c2n[nH]c([C@H](N)Cc3ccccc3)n2)cc1. The third kappa shape index (κ3) is 3.71. The van der Waals surface area contributed by atoms with Crippen LogP contribution < -0.4 is 5.73 Å². The van der Waals surface area contributed by atoms with Crippen LogP contribution in [0.25, 0.3) is 11.4 Å². The molecule has 1 heterocycles. The Bertz CT molecular complexity index is 783. The number of nitrogens with two attached hydrogens (primary N) is 1. The Morgan fingerprint density at radius 1 is 1.00 bits per heavy atom. The Labute approximate surface area is 143 Å². The number of hydrogen-bond donors (Lipinski definition) is 2. The summed E-state index contributed by atoms with van der Waals surface area (Å²) in [5, 5.41) is 7.31. The first-order valence-corrected chi connectivity index (χ1v) is 8.26. The minimum atomic E-state index is -0.192. The molecular formula is C20H24N4. The standard InChI is InChI=1S/C20H24N4/c1-20(2,3)16-11-9-15(10-12-16)18-22-19(24-23-18)17(21)13-14-7-5-4-6-8-14/h4-12,17H,13,21H2,1-3H3,(H,22,23,24)/t17-/m1/s1. The fraction of sp³-hybridized carbons (Fsp3) is 0.300. The van der Waals surface area contributed by atoms with E-state index in [9.17, 15) is 0 Å². The van der Waals surface area contributed by atoms with E-state index in [2.05, 4.69) is 72.4 Å². The van der Waals surface area contributed by atoms with Crippen molar-refractivity contribution >= 4 is 0 Å². The summed E-state index contributed by atoms with van der Waals surface area (Å²) in [6.07, 6.45) is 0.735. The van der Waals surface area contributed by atoms with E-state index in [0.717, 1.165) is 12.0 Å². The molecule has 3 aromatic rings. The Morgan fingerprint density at radius 3 is 2.29 bits per heavy atom. The largest absolute Gasteiger partial charge is 0.321 e. The summed E-state index contributed by atoms with van der Waals surface area (Å²) in [7, 11) is 0. The Morgan fingerprint density at radius 2 is 1.67 bits per heavy atom. The van der Waals surface area contributed by atoms with Crippen LogP contribution >= 0.6 is 0 Å². The fourth-order valence-corrected chi connectivity index (χ4v) is 2.65. The van der Waals surface area contributed by atoms with Crippen molar-refractivity contribution in [2.75, 3.05) is 0 Å². The molecule has 0 bridgehead atoms. The number of aromatic nitrogens is 3. The van der Waals surface area contributed by atoms with Crippen LogP contribution in [0.2, 0.25) is 0 Å². The Balaban J connectivity index is 1.75. The fourth-order valence-electron chi connectivity index (χ4n) is 2.65. The Hall–Kier alpha value is -2.46. The number of benzene rings is 2. The summed E-state index contributed by atoms with van der Waals surface area (Å²) in [6.45, 7) is 6.61. The van der Waals surface area contributed by atoms with Gasteiger partial charge in [0.15, 0.2) is 5.82 Å². The lowest BCUT2D eigenvalue weighted by Crippen LogP contribution is -2.15. The van der Waals surface area contributed by atoms with Crippen molar-refractivity contribution in [2.24, 2.45) is 5.73 Å². The van der Waals surface area contributed by atoms with Crippen molar-refractivity contribution in [2.45, 2.75) is 38.6 Å². The number of aromatic amines is 1. The molecule has 0 saturated heterocycles. The maximum Gasteiger partial charge on any atom is 0.181 e. The van der Waals surface area contributed by atoms with E-state index < -0.39 is 0 Å². The summed E-state index contributed by atoms with van der Waals surface area (Å²) in [5.74, 6) is 1.41. The number of nitrogens with one attached hydrogen (secondary N) is 1. The first kappa shape index (κ1) is 16.4. The lowest BCUT2D eigenvalue weighted by atomic mass is 9.87. The molecular weight excluding hydrogens is 296 g/mol. The lowest BCUT2D eigenvalue weighted by Gasteiger charge is -2.18. The van der Waals surface area contributed by atoms with Crippen molar-refractivity contribution in [1.82, 2.24) is 15.2 Å². The topological polar surface area (TPSA) is 67.6 Å². The summed E-state index contributed by atoms with van der Waals surface area (Å²) < 4.78 is 0. The van der Waals surface area contributed by atoms with E-state index in [0.29, 0.717) is 11.6 Å². The maximum absolute atomic E-state index is 6.27. The van der Waals surface area contributed by atoms with Gasteiger partial charge in [-0.2, -0.15) is 5.10 Å². The van der Waals surface area contributed by atoms with E-state index in [4.69, 9.17) is 5.73 Å². The molecule has 0 aliphatic heterocycles. The molecule has 0 radical (unpaired) electrons. The van der Waals surface area contributed by atoms with E-state index in [1.165, 1.54) is 11.1 Å². The molecule has 0 aliphatic carbocycles. The van der Waals surface area contributed by atoms with Gasteiger partial charge >= 0.3 is 0 Å². The van der Waals surface area contributed by atoms with Crippen LogP contribution in [-0.4, -0.2) is 15.2 Å². The summed E-state index contributed by atoms with van der Waals surface area (Å²) >= 11 is 0. The molecule has 0 fully saturated rings. The van der Waals surface area contributed by atoms with Gasteiger partial charge in [-0.25, -0.2) is 4.98 Å². The van der Waals surface area contributed by atoms with E-state index in [1.54, 1.807) is 0 Å². The third-order valence-corrected chi connectivity index (χ3v) is 4.16. The molecule has 2 aromatic carbocycles. The van der Waals surface area contributed by atoms with Crippen molar-refractivity contribution in [3.63, 3.8) is 0 Å². The first-order valence-electron chi connectivity index (χ1n) is 8.26. The first-order chi connectivity index (χ1) is 11.4. The van der Waals surface area contributed by atoms with Crippen LogP contribution in [0.15, 0.2) is 54.6 Å². The van der Waals surface area contributed by atoms with Crippen molar-refractivity contribution < 1.29 is 0 Å². The van der Waals surface area contributed by atoms with Crippen LogP contribution in [-0.2, 0) is 11.8 Å². The summed E-state index contributed by atoms with van der Waals surface area (Å²) in [4.78, 5) is 4.58. The van der Waals surface area contributed by atoms with Crippen LogP contribution in [0.1, 0.15) is 43.8 Å².